The van der Waals surface area contributed by atoms with E-state index in [0.717, 1.165) is 21.3 Å². The van der Waals surface area contributed by atoms with Gasteiger partial charge in [-0.2, -0.15) is 0 Å². The molecule has 4 heteroatoms. The van der Waals surface area contributed by atoms with Crippen LogP contribution >= 0.6 is 11.3 Å². The molecule has 1 atom stereocenters. The van der Waals surface area contributed by atoms with Crippen LogP contribution in [-0.4, -0.2) is 10.1 Å². The second-order valence-electron chi connectivity index (χ2n) is 4.07. The molecule has 1 heterocycles. The van der Waals surface area contributed by atoms with Gasteiger partial charge in [-0.05, 0) is 16.8 Å². The first-order valence-corrected chi connectivity index (χ1v) is 6.51. The molecule has 3 nitrogen and oxygen atoms in total. The lowest BCUT2D eigenvalue weighted by Crippen LogP contribution is -2.12. The van der Waals surface area contributed by atoms with Crippen molar-refractivity contribution in [3.05, 3.63) is 58.5 Å². The molecule has 0 radical (unpaired) electrons. The van der Waals surface area contributed by atoms with Gasteiger partial charge in [0.1, 0.15) is 10.8 Å². The lowest BCUT2D eigenvalue weighted by Gasteiger charge is -2.14. The first kappa shape index (κ1) is 11.2. The fourth-order valence-corrected chi connectivity index (χ4v) is 2.77. The maximum Gasteiger partial charge on any atom is 0.121 e. The van der Waals surface area contributed by atoms with E-state index < -0.39 is 6.04 Å². The van der Waals surface area contributed by atoms with Crippen LogP contribution in [0.15, 0.2) is 48.0 Å². The minimum absolute atomic E-state index is 0.219. The Bertz CT molecular complexity index is 679. The topological polar surface area (TPSA) is 59.1 Å². The van der Waals surface area contributed by atoms with E-state index in [1.165, 1.54) is 11.3 Å². The summed E-state index contributed by atoms with van der Waals surface area (Å²) >= 11 is 1.50. The van der Waals surface area contributed by atoms with Gasteiger partial charge in [-0.15, -0.1) is 11.3 Å². The SMILES string of the molecule is NC(c1nccs1)c1c(O)ccc2ccccc12. The largest absolute Gasteiger partial charge is 0.508 e. The summed E-state index contributed by atoms with van der Waals surface area (Å²) in [5.74, 6) is 0.219. The van der Waals surface area contributed by atoms with Crippen molar-refractivity contribution < 1.29 is 5.11 Å². The molecule has 1 unspecified atom stereocenters. The zero-order valence-electron chi connectivity index (χ0n) is 9.58. The number of phenols is 1. The van der Waals surface area contributed by atoms with Crippen LogP contribution in [0.3, 0.4) is 0 Å². The van der Waals surface area contributed by atoms with Crippen molar-refractivity contribution in [1.29, 1.82) is 0 Å². The molecular weight excluding hydrogens is 244 g/mol. The number of nitrogens with two attached hydrogens (primary N) is 1. The zero-order chi connectivity index (χ0) is 12.5. The van der Waals surface area contributed by atoms with Gasteiger partial charge in [0, 0.05) is 17.1 Å². The highest BCUT2D eigenvalue weighted by atomic mass is 32.1. The van der Waals surface area contributed by atoms with Gasteiger partial charge in [-0.1, -0.05) is 30.3 Å². The molecule has 0 aliphatic carbocycles. The van der Waals surface area contributed by atoms with Crippen molar-refractivity contribution in [3.63, 3.8) is 0 Å². The number of rotatable bonds is 2. The number of hydrogen-bond acceptors (Lipinski definition) is 4. The van der Waals surface area contributed by atoms with Gasteiger partial charge >= 0.3 is 0 Å². The maximum absolute atomic E-state index is 10.1. The molecule has 18 heavy (non-hydrogen) atoms. The van der Waals surface area contributed by atoms with E-state index in [2.05, 4.69) is 4.98 Å². The average molecular weight is 256 g/mol. The van der Waals surface area contributed by atoms with Gasteiger partial charge in [0.2, 0.25) is 0 Å². The normalized spacial score (nSPS) is 12.7. The lowest BCUT2D eigenvalue weighted by atomic mass is 9.98. The van der Waals surface area contributed by atoms with Gasteiger partial charge in [0.05, 0.1) is 6.04 Å². The molecule has 0 bridgehead atoms. The standard InChI is InChI=1S/C14H12N2OS/c15-13(14-16-7-8-18-14)12-10-4-2-1-3-9(10)5-6-11(12)17/h1-8,13,17H,15H2. The fraction of sp³-hybridized carbons (Fsp3) is 0.0714. The first-order valence-electron chi connectivity index (χ1n) is 5.63. The quantitative estimate of drug-likeness (QED) is 0.741. The van der Waals surface area contributed by atoms with Crippen molar-refractivity contribution in [2.24, 2.45) is 5.73 Å². The highest BCUT2D eigenvalue weighted by molar-refractivity contribution is 7.09. The van der Waals surface area contributed by atoms with E-state index in [9.17, 15) is 5.11 Å². The van der Waals surface area contributed by atoms with Crippen molar-refractivity contribution in [2.45, 2.75) is 6.04 Å². The van der Waals surface area contributed by atoms with Crippen LogP contribution in [0.25, 0.3) is 10.8 Å². The van der Waals surface area contributed by atoms with Gasteiger partial charge in [0.15, 0.2) is 0 Å². The molecule has 3 rings (SSSR count). The van der Waals surface area contributed by atoms with Crippen LogP contribution in [-0.2, 0) is 0 Å². The Morgan fingerprint density at radius 1 is 1.17 bits per heavy atom. The van der Waals surface area contributed by atoms with E-state index in [4.69, 9.17) is 5.73 Å². The number of phenolic OH excluding ortho intramolecular Hbond substituents is 1. The summed E-state index contributed by atoms with van der Waals surface area (Å²) in [6, 6.07) is 11.1. The molecule has 90 valence electrons. The third-order valence-corrected chi connectivity index (χ3v) is 3.83. The molecule has 0 spiro atoms. The Labute approximate surface area is 109 Å². The van der Waals surface area contributed by atoms with Crippen LogP contribution in [0.1, 0.15) is 16.6 Å². The highest BCUT2D eigenvalue weighted by Gasteiger charge is 2.18. The summed E-state index contributed by atoms with van der Waals surface area (Å²) in [5.41, 5.74) is 6.95. The minimum atomic E-state index is -0.393. The molecule has 3 aromatic rings. The summed E-state index contributed by atoms with van der Waals surface area (Å²) in [7, 11) is 0. The Morgan fingerprint density at radius 3 is 2.78 bits per heavy atom. The minimum Gasteiger partial charge on any atom is -0.508 e. The Kier molecular flexibility index (Phi) is 2.74. The maximum atomic E-state index is 10.1. The number of hydrogen-bond donors (Lipinski definition) is 2. The number of thiazole rings is 1. The van der Waals surface area contributed by atoms with Gasteiger partial charge in [-0.3, -0.25) is 0 Å². The fourth-order valence-electron chi connectivity index (χ4n) is 2.12. The number of nitrogens with zero attached hydrogens (tertiary/aromatic N) is 1. The molecule has 1 aromatic heterocycles. The van der Waals surface area contributed by atoms with Crippen LogP contribution < -0.4 is 5.73 Å². The molecule has 0 amide bonds. The molecule has 0 saturated carbocycles. The lowest BCUT2D eigenvalue weighted by molar-refractivity contribution is 0.466. The predicted octanol–water partition coefficient (Wildman–Crippen LogP) is 3.05. The Morgan fingerprint density at radius 2 is 2.00 bits per heavy atom. The Hall–Kier alpha value is -1.91. The van der Waals surface area contributed by atoms with E-state index in [1.54, 1.807) is 12.3 Å². The van der Waals surface area contributed by atoms with Gasteiger partial charge < -0.3 is 10.8 Å². The van der Waals surface area contributed by atoms with E-state index >= 15 is 0 Å². The number of aromatic hydroxyl groups is 1. The molecule has 0 aliphatic rings. The summed E-state index contributed by atoms with van der Waals surface area (Å²) in [6.07, 6.45) is 1.72. The second-order valence-corrected chi connectivity index (χ2v) is 4.99. The van der Waals surface area contributed by atoms with Crippen molar-refractivity contribution >= 4 is 22.1 Å². The summed E-state index contributed by atoms with van der Waals surface area (Å²) in [6.45, 7) is 0. The summed E-state index contributed by atoms with van der Waals surface area (Å²) in [4.78, 5) is 4.22. The Balaban J connectivity index is 2.24. The van der Waals surface area contributed by atoms with Crippen molar-refractivity contribution in [2.75, 3.05) is 0 Å². The van der Waals surface area contributed by atoms with Crippen LogP contribution in [0.2, 0.25) is 0 Å². The monoisotopic (exact) mass is 256 g/mol. The smallest absolute Gasteiger partial charge is 0.121 e. The number of benzene rings is 2. The molecular formula is C14H12N2OS. The number of fused-ring (bicyclic) bond motifs is 1. The molecule has 2 aromatic carbocycles. The van der Waals surface area contributed by atoms with E-state index in [-0.39, 0.29) is 5.75 Å². The van der Waals surface area contributed by atoms with Crippen LogP contribution in [0, 0.1) is 0 Å². The zero-order valence-corrected chi connectivity index (χ0v) is 10.4. The van der Waals surface area contributed by atoms with Crippen LogP contribution in [0.4, 0.5) is 0 Å². The average Bonchev–Trinajstić information content (AvgIpc) is 2.92. The molecule has 0 fully saturated rings. The van der Waals surface area contributed by atoms with Gasteiger partial charge in [-0.25, -0.2) is 4.98 Å². The van der Waals surface area contributed by atoms with E-state index in [1.807, 2.05) is 35.7 Å². The predicted molar refractivity (Wildman–Crippen MR) is 73.8 cm³/mol. The highest BCUT2D eigenvalue weighted by Crippen LogP contribution is 2.34. The van der Waals surface area contributed by atoms with Crippen LogP contribution in [0.5, 0.6) is 5.75 Å². The molecule has 3 N–H and O–H groups in total. The summed E-state index contributed by atoms with van der Waals surface area (Å²) in [5, 5.41) is 14.8. The third-order valence-electron chi connectivity index (χ3n) is 2.98. The van der Waals surface area contributed by atoms with Crippen molar-refractivity contribution in [3.8, 4) is 5.75 Å². The second kappa shape index (κ2) is 4.40. The van der Waals surface area contributed by atoms with E-state index in [0.29, 0.717) is 0 Å². The summed E-state index contributed by atoms with van der Waals surface area (Å²) < 4.78 is 0. The first-order chi connectivity index (χ1) is 8.77. The van der Waals surface area contributed by atoms with Crippen molar-refractivity contribution in [1.82, 2.24) is 4.98 Å². The number of aromatic nitrogens is 1. The molecule has 0 saturated heterocycles. The third kappa shape index (κ3) is 1.75. The molecule has 0 aliphatic heterocycles. The van der Waals surface area contributed by atoms with Gasteiger partial charge in [0.25, 0.3) is 0 Å².